The lowest BCUT2D eigenvalue weighted by molar-refractivity contribution is -0.163. The van der Waals surface area contributed by atoms with Gasteiger partial charge in [-0.2, -0.15) is 0 Å². The Hall–Kier alpha value is -1.36. The zero-order chi connectivity index (χ0) is 40.7. The Balaban J connectivity index is 4.18. The van der Waals surface area contributed by atoms with Crippen molar-refractivity contribution < 1.29 is 23.8 Å². The Kier molecular flexibility index (Phi) is 46.8. The number of ether oxygens (including phenoxy) is 3. The summed E-state index contributed by atoms with van der Waals surface area (Å²) in [4.78, 5) is 25.3. The van der Waals surface area contributed by atoms with Gasteiger partial charge in [-0.3, -0.25) is 9.59 Å². The predicted octanol–water partition coefficient (Wildman–Crippen LogP) is 16.7. The van der Waals surface area contributed by atoms with Crippen molar-refractivity contribution >= 4 is 11.9 Å². The molecule has 0 spiro atoms. The van der Waals surface area contributed by atoms with Crippen molar-refractivity contribution in [1.82, 2.24) is 0 Å². The van der Waals surface area contributed by atoms with E-state index in [1.807, 2.05) is 0 Å². The molecular formula is C51H98O5. The summed E-state index contributed by atoms with van der Waals surface area (Å²) in [5.74, 6) is -0.389. The minimum absolute atomic E-state index is 0.0911. The maximum Gasteiger partial charge on any atom is 0.306 e. The van der Waals surface area contributed by atoms with Gasteiger partial charge in [0.15, 0.2) is 6.10 Å². The third-order valence-corrected chi connectivity index (χ3v) is 11.3. The van der Waals surface area contributed by atoms with Gasteiger partial charge in [-0.1, -0.05) is 238 Å². The molecule has 0 aliphatic heterocycles. The molecule has 0 saturated carbocycles. The normalized spacial score (nSPS) is 12.1. The van der Waals surface area contributed by atoms with Gasteiger partial charge in [-0.25, -0.2) is 0 Å². The second-order valence-corrected chi connectivity index (χ2v) is 17.1. The maximum absolute atomic E-state index is 12.7. The lowest BCUT2D eigenvalue weighted by Crippen LogP contribution is -2.30. The molecule has 0 heterocycles. The SMILES string of the molecule is CCCC/C=C\CCCCCCCC(=O)OC(COCCCCCCCCCCCCCCCC)COC(=O)CCCCCCCCCCCCCCCCC. The van der Waals surface area contributed by atoms with E-state index in [4.69, 9.17) is 14.2 Å². The van der Waals surface area contributed by atoms with Gasteiger partial charge < -0.3 is 14.2 Å². The predicted molar refractivity (Wildman–Crippen MR) is 242 cm³/mol. The van der Waals surface area contributed by atoms with E-state index in [0.717, 1.165) is 44.9 Å². The second kappa shape index (κ2) is 48.0. The van der Waals surface area contributed by atoms with Crippen LogP contribution in [0.2, 0.25) is 0 Å². The van der Waals surface area contributed by atoms with E-state index < -0.39 is 6.10 Å². The van der Waals surface area contributed by atoms with E-state index >= 15 is 0 Å². The highest BCUT2D eigenvalue weighted by molar-refractivity contribution is 5.70. The van der Waals surface area contributed by atoms with Crippen LogP contribution in [0.15, 0.2) is 12.2 Å². The van der Waals surface area contributed by atoms with Crippen LogP contribution in [0.25, 0.3) is 0 Å². The van der Waals surface area contributed by atoms with E-state index in [1.165, 1.54) is 199 Å². The number of rotatable bonds is 47. The number of carbonyl (C=O) groups is 2. The van der Waals surface area contributed by atoms with Crippen LogP contribution < -0.4 is 0 Å². The van der Waals surface area contributed by atoms with Gasteiger partial charge in [-0.15, -0.1) is 0 Å². The van der Waals surface area contributed by atoms with E-state index in [1.54, 1.807) is 0 Å². The van der Waals surface area contributed by atoms with Gasteiger partial charge in [0, 0.05) is 19.4 Å². The van der Waals surface area contributed by atoms with E-state index in [0.29, 0.717) is 26.1 Å². The average molecular weight is 791 g/mol. The molecule has 56 heavy (non-hydrogen) atoms. The van der Waals surface area contributed by atoms with E-state index in [-0.39, 0.29) is 18.5 Å². The van der Waals surface area contributed by atoms with Crippen molar-refractivity contribution in [2.45, 2.75) is 284 Å². The topological polar surface area (TPSA) is 61.8 Å². The Bertz CT molecular complexity index is 810. The van der Waals surface area contributed by atoms with Crippen molar-refractivity contribution in [2.24, 2.45) is 0 Å². The number of allylic oxidation sites excluding steroid dienone is 2. The van der Waals surface area contributed by atoms with Crippen LogP contribution in [-0.4, -0.2) is 37.9 Å². The number of esters is 2. The van der Waals surface area contributed by atoms with Crippen LogP contribution in [-0.2, 0) is 23.8 Å². The lowest BCUT2D eigenvalue weighted by atomic mass is 10.0. The van der Waals surface area contributed by atoms with Gasteiger partial charge in [0.25, 0.3) is 0 Å². The molecule has 1 atom stereocenters. The zero-order valence-electron chi connectivity index (χ0n) is 38.2. The van der Waals surface area contributed by atoms with Crippen LogP contribution in [0.4, 0.5) is 0 Å². The van der Waals surface area contributed by atoms with Gasteiger partial charge in [0.2, 0.25) is 0 Å². The molecule has 0 bridgehead atoms. The third kappa shape index (κ3) is 45.3. The fourth-order valence-corrected chi connectivity index (χ4v) is 7.49. The van der Waals surface area contributed by atoms with Gasteiger partial charge in [0.05, 0.1) is 6.61 Å². The van der Waals surface area contributed by atoms with Crippen molar-refractivity contribution in [3.63, 3.8) is 0 Å². The van der Waals surface area contributed by atoms with Crippen molar-refractivity contribution in [2.75, 3.05) is 19.8 Å². The summed E-state index contributed by atoms with van der Waals surface area (Å²) in [6.45, 7) is 7.84. The minimum atomic E-state index is -0.529. The van der Waals surface area contributed by atoms with E-state index in [9.17, 15) is 9.59 Å². The van der Waals surface area contributed by atoms with Crippen molar-refractivity contribution in [3.05, 3.63) is 12.2 Å². The summed E-state index contributed by atoms with van der Waals surface area (Å²) < 4.78 is 17.4. The van der Waals surface area contributed by atoms with Crippen molar-refractivity contribution in [3.8, 4) is 0 Å². The summed E-state index contributed by atoms with van der Waals surface area (Å²) in [6.07, 6.45) is 53.5. The van der Waals surface area contributed by atoms with Crippen LogP contribution in [0.5, 0.6) is 0 Å². The first-order valence-corrected chi connectivity index (χ1v) is 25.2. The van der Waals surface area contributed by atoms with Gasteiger partial charge in [0.1, 0.15) is 6.61 Å². The first-order chi connectivity index (χ1) is 27.6. The lowest BCUT2D eigenvalue weighted by Gasteiger charge is -2.18. The molecule has 5 nitrogen and oxygen atoms in total. The molecule has 0 fully saturated rings. The van der Waals surface area contributed by atoms with Gasteiger partial charge in [-0.05, 0) is 38.5 Å². The van der Waals surface area contributed by atoms with Gasteiger partial charge >= 0.3 is 11.9 Å². The van der Waals surface area contributed by atoms with Crippen LogP contribution in [0.1, 0.15) is 278 Å². The highest BCUT2D eigenvalue weighted by atomic mass is 16.6. The highest BCUT2D eigenvalue weighted by Crippen LogP contribution is 2.16. The average Bonchev–Trinajstić information content (AvgIpc) is 3.20. The molecular weight excluding hydrogens is 693 g/mol. The zero-order valence-corrected chi connectivity index (χ0v) is 38.2. The van der Waals surface area contributed by atoms with Crippen molar-refractivity contribution in [1.29, 1.82) is 0 Å². The molecule has 0 aliphatic rings. The molecule has 0 aliphatic carbocycles. The van der Waals surface area contributed by atoms with Crippen LogP contribution in [0.3, 0.4) is 0 Å². The minimum Gasteiger partial charge on any atom is -0.462 e. The molecule has 0 radical (unpaired) electrons. The molecule has 0 N–H and O–H groups in total. The Morgan fingerprint density at radius 2 is 0.714 bits per heavy atom. The quantitative estimate of drug-likeness (QED) is 0.0349. The smallest absolute Gasteiger partial charge is 0.306 e. The number of unbranched alkanes of at least 4 members (excludes halogenated alkanes) is 34. The number of hydrogen-bond donors (Lipinski definition) is 0. The molecule has 332 valence electrons. The summed E-state index contributed by atoms with van der Waals surface area (Å²) >= 11 is 0. The first kappa shape index (κ1) is 54.6. The first-order valence-electron chi connectivity index (χ1n) is 25.2. The molecule has 0 aromatic carbocycles. The summed E-state index contributed by atoms with van der Waals surface area (Å²) in [5.41, 5.74) is 0. The maximum atomic E-state index is 12.7. The Labute approximate surface area is 350 Å². The highest BCUT2D eigenvalue weighted by Gasteiger charge is 2.17. The monoisotopic (exact) mass is 791 g/mol. The summed E-state index contributed by atoms with van der Waals surface area (Å²) in [6, 6.07) is 0. The Morgan fingerprint density at radius 1 is 0.375 bits per heavy atom. The largest absolute Gasteiger partial charge is 0.462 e. The van der Waals surface area contributed by atoms with Crippen LogP contribution in [0, 0.1) is 0 Å². The third-order valence-electron chi connectivity index (χ3n) is 11.3. The Morgan fingerprint density at radius 3 is 1.14 bits per heavy atom. The molecule has 0 saturated heterocycles. The fourth-order valence-electron chi connectivity index (χ4n) is 7.49. The molecule has 0 rings (SSSR count). The molecule has 0 aromatic heterocycles. The fraction of sp³-hybridized carbons (Fsp3) is 0.922. The number of carbonyl (C=O) groups excluding carboxylic acids is 2. The van der Waals surface area contributed by atoms with E-state index in [2.05, 4.69) is 32.9 Å². The molecule has 5 heteroatoms. The standard InChI is InChI=1S/C51H98O5/c1-4-7-10-13-16-19-22-24-26-27-30-32-35-38-41-44-50(52)55-48-49(56-51(53)45-42-39-36-33-29-21-18-15-12-9-6-3)47-54-46-43-40-37-34-31-28-25-23-20-17-14-11-8-5-2/h15,18,49H,4-14,16-17,19-48H2,1-3H3/b18-15-. The summed E-state index contributed by atoms with van der Waals surface area (Å²) in [7, 11) is 0. The summed E-state index contributed by atoms with van der Waals surface area (Å²) in [5, 5.41) is 0. The number of hydrogen-bond acceptors (Lipinski definition) is 5. The molecule has 0 amide bonds. The van der Waals surface area contributed by atoms with Crippen LogP contribution >= 0.6 is 0 Å². The molecule has 1 unspecified atom stereocenters. The second-order valence-electron chi connectivity index (χ2n) is 17.1. The molecule has 0 aromatic rings.